The molecule has 3 fully saturated rings. The Hall–Kier alpha value is -0.590. The van der Waals surface area contributed by atoms with Crippen molar-refractivity contribution in [1.29, 1.82) is 0 Å². The highest BCUT2D eigenvalue weighted by atomic mass is 16.1. The van der Waals surface area contributed by atoms with E-state index >= 15 is 0 Å². The molecule has 0 aromatic carbocycles. The van der Waals surface area contributed by atoms with Gasteiger partial charge in [0, 0.05) is 12.3 Å². The van der Waals surface area contributed by atoms with Crippen LogP contribution in [0.5, 0.6) is 0 Å². The third-order valence-electron chi connectivity index (χ3n) is 10.6. The van der Waals surface area contributed by atoms with E-state index < -0.39 is 0 Å². The van der Waals surface area contributed by atoms with E-state index in [0.29, 0.717) is 22.5 Å². The molecular formula is C28H46O. The summed E-state index contributed by atoms with van der Waals surface area (Å²) >= 11 is 0. The lowest BCUT2D eigenvalue weighted by Gasteiger charge is -2.58. The zero-order valence-electron chi connectivity index (χ0n) is 20.1. The van der Waals surface area contributed by atoms with Crippen LogP contribution in [-0.4, -0.2) is 5.78 Å². The van der Waals surface area contributed by atoms with E-state index in [-0.39, 0.29) is 5.92 Å². The van der Waals surface area contributed by atoms with Crippen molar-refractivity contribution in [1.82, 2.24) is 0 Å². The fourth-order valence-corrected chi connectivity index (χ4v) is 8.78. The molecule has 29 heavy (non-hydrogen) atoms. The Bertz CT molecular complexity index is 659. The van der Waals surface area contributed by atoms with Gasteiger partial charge in [0.25, 0.3) is 0 Å². The number of ketones is 1. The number of rotatable bonds is 5. The predicted molar refractivity (Wildman–Crippen MR) is 123 cm³/mol. The molecule has 0 N–H and O–H groups in total. The van der Waals surface area contributed by atoms with Gasteiger partial charge in [-0.2, -0.15) is 0 Å². The molecule has 0 radical (unpaired) electrons. The molecule has 0 amide bonds. The normalized spacial score (nSPS) is 45.4. The lowest BCUT2D eigenvalue weighted by molar-refractivity contribution is -0.134. The lowest BCUT2D eigenvalue weighted by atomic mass is 9.46. The minimum atomic E-state index is 0.275. The molecule has 1 unspecified atom stereocenters. The van der Waals surface area contributed by atoms with E-state index in [4.69, 9.17) is 0 Å². The number of hydrogen-bond donors (Lipinski definition) is 0. The fourth-order valence-electron chi connectivity index (χ4n) is 8.78. The fraction of sp³-hybridized carbons (Fsp3) is 0.893. The van der Waals surface area contributed by atoms with Crippen LogP contribution in [0.25, 0.3) is 0 Å². The molecule has 8 atom stereocenters. The average molecular weight is 399 g/mol. The van der Waals surface area contributed by atoms with Gasteiger partial charge in [0.2, 0.25) is 0 Å². The summed E-state index contributed by atoms with van der Waals surface area (Å²) in [5.74, 6) is 5.61. The van der Waals surface area contributed by atoms with E-state index in [1.807, 2.05) is 5.57 Å². The Morgan fingerprint density at radius 1 is 1.00 bits per heavy atom. The second-order valence-electron chi connectivity index (χ2n) is 12.4. The Morgan fingerprint density at radius 2 is 1.72 bits per heavy atom. The maximum atomic E-state index is 12.4. The van der Waals surface area contributed by atoms with Gasteiger partial charge < -0.3 is 0 Å². The summed E-state index contributed by atoms with van der Waals surface area (Å²) in [7, 11) is 0. The zero-order chi connectivity index (χ0) is 21.0. The van der Waals surface area contributed by atoms with Gasteiger partial charge in [0.1, 0.15) is 5.78 Å². The van der Waals surface area contributed by atoms with E-state index in [2.05, 4.69) is 47.6 Å². The number of carbonyl (C=O) groups excluding carboxylic acids is 1. The molecular weight excluding hydrogens is 352 g/mol. The first kappa shape index (κ1) is 21.6. The molecule has 0 aromatic heterocycles. The highest BCUT2D eigenvalue weighted by molar-refractivity contribution is 5.82. The number of carbonyl (C=O) groups is 1. The average Bonchev–Trinajstić information content (AvgIpc) is 3.02. The SMILES string of the molecule is CC(C)CCC[C@@H](C)[C@H]1CC[C@H]2C3=CC[C@H]4C(C)C(=O)CC[C@]4(C)[C@H]3CC[C@]12C. The van der Waals surface area contributed by atoms with Crippen LogP contribution in [0.2, 0.25) is 0 Å². The van der Waals surface area contributed by atoms with E-state index in [9.17, 15) is 4.79 Å². The van der Waals surface area contributed by atoms with Crippen molar-refractivity contribution in [2.75, 3.05) is 0 Å². The molecule has 4 aliphatic rings. The van der Waals surface area contributed by atoms with Crippen molar-refractivity contribution in [3.05, 3.63) is 11.6 Å². The van der Waals surface area contributed by atoms with Crippen LogP contribution in [0.3, 0.4) is 0 Å². The maximum absolute atomic E-state index is 12.4. The second kappa shape index (κ2) is 7.83. The molecule has 0 aliphatic heterocycles. The standard InChI is InChI=1S/C28H46O/c1-18(2)8-7-9-19(3)22-12-13-24-21-10-11-23-20(4)26(29)15-17-28(23,6)25(21)14-16-27(22,24)5/h10,18-20,22-25H,7-9,11-17H2,1-6H3/t19-,20?,22-,23+,24+,25+,27-,28+/m1/s1. The third-order valence-corrected chi connectivity index (χ3v) is 10.6. The summed E-state index contributed by atoms with van der Waals surface area (Å²) in [6, 6.07) is 0. The van der Waals surface area contributed by atoms with Crippen molar-refractivity contribution >= 4 is 5.78 Å². The van der Waals surface area contributed by atoms with Crippen LogP contribution in [0.4, 0.5) is 0 Å². The highest BCUT2D eigenvalue weighted by Crippen LogP contribution is 2.67. The summed E-state index contributed by atoms with van der Waals surface area (Å²) in [5, 5.41) is 0. The van der Waals surface area contributed by atoms with Gasteiger partial charge >= 0.3 is 0 Å². The number of allylic oxidation sites excluding steroid dienone is 2. The zero-order valence-corrected chi connectivity index (χ0v) is 20.1. The van der Waals surface area contributed by atoms with Gasteiger partial charge in [-0.25, -0.2) is 0 Å². The van der Waals surface area contributed by atoms with Crippen LogP contribution in [0, 0.1) is 52.3 Å². The van der Waals surface area contributed by atoms with Crippen LogP contribution in [0.1, 0.15) is 106 Å². The monoisotopic (exact) mass is 398 g/mol. The summed E-state index contributed by atoms with van der Waals surface area (Å²) in [5.41, 5.74) is 2.74. The van der Waals surface area contributed by atoms with Crippen molar-refractivity contribution in [2.45, 2.75) is 106 Å². The Balaban J connectivity index is 1.53. The molecule has 1 heteroatoms. The predicted octanol–water partition coefficient (Wildman–Crippen LogP) is 7.84. The molecule has 0 saturated heterocycles. The van der Waals surface area contributed by atoms with Crippen molar-refractivity contribution in [3.8, 4) is 0 Å². The molecule has 3 saturated carbocycles. The second-order valence-corrected chi connectivity index (χ2v) is 12.4. The highest BCUT2D eigenvalue weighted by Gasteiger charge is 2.59. The summed E-state index contributed by atoms with van der Waals surface area (Å²) in [4.78, 5) is 12.4. The Labute approximate surface area is 180 Å². The van der Waals surface area contributed by atoms with Gasteiger partial charge in [-0.3, -0.25) is 4.79 Å². The first-order valence-corrected chi connectivity index (χ1v) is 12.9. The van der Waals surface area contributed by atoms with Gasteiger partial charge in [0.15, 0.2) is 0 Å². The summed E-state index contributed by atoms with van der Waals surface area (Å²) in [6.07, 6.45) is 15.7. The van der Waals surface area contributed by atoms with Crippen LogP contribution in [0.15, 0.2) is 11.6 Å². The van der Waals surface area contributed by atoms with Crippen LogP contribution < -0.4 is 0 Å². The van der Waals surface area contributed by atoms with Gasteiger partial charge in [-0.15, -0.1) is 0 Å². The molecule has 164 valence electrons. The molecule has 0 heterocycles. The first-order valence-electron chi connectivity index (χ1n) is 12.9. The van der Waals surface area contributed by atoms with E-state index in [0.717, 1.165) is 48.9 Å². The van der Waals surface area contributed by atoms with Crippen molar-refractivity contribution in [2.24, 2.45) is 52.3 Å². The smallest absolute Gasteiger partial charge is 0.136 e. The first-order chi connectivity index (χ1) is 13.7. The molecule has 0 bridgehead atoms. The van der Waals surface area contributed by atoms with E-state index in [1.54, 1.807) is 0 Å². The quantitative estimate of drug-likeness (QED) is 0.431. The summed E-state index contributed by atoms with van der Waals surface area (Å²) in [6.45, 7) is 14.7. The Kier molecular flexibility index (Phi) is 5.84. The molecule has 1 nitrogen and oxygen atoms in total. The van der Waals surface area contributed by atoms with Crippen LogP contribution in [-0.2, 0) is 4.79 Å². The van der Waals surface area contributed by atoms with Gasteiger partial charge in [-0.05, 0) is 84.9 Å². The maximum Gasteiger partial charge on any atom is 0.136 e. The van der Waals surface area contributed by atoms with Crippen LogP contribution >= 0.6 is 0 Å². The van der Waals surface area contributed by atoms with Crippen molar-refractivity contribution < 1.29 is 4.79 Å². The molecule has 4 rings (SSSR count). The number of Topliss-reactive ketones (excluding diaryl/α,β-unsaturated/α-hetero) is 1. The molecule has 0 aromatic rings. The number of hydrogen-bond acceptors (Lipinski definition) is 1. The Morgan fingerprint density at radius 3 is 2.45 bits per heavy atom. The lowest BCUT2D eigenvalue weighted by Crippen LogP contribution is -2.51. The van der Waals surface area contributed by atoms with Gasteiger partial charge in [-0.1, -0.05) is 72.5 Å². The largest absolute Gasteiger partial charge is 0.299 e. The van der Waals surface area contributed by atoms with Crippen molar-refractivity contribution in [3.63, 3.8) is 0 Å². The topological polar surface area (TPSA) is 17.1 Å². The van der Waals surface area contributed by atoms with E-state index in [1.165, 1.54) is 44.9 Å². The number of fused-ring (bicyclic) bond motifs is 5. The molecule has 4 aliphatic carbocycles. The summed E-state index contributed by atoms with van der Waals surface area (Å²) < 4.78 is 0. The minimum absolute atomic E-state index is 0.275. The molecule has 0 spiro atoms. The van der Waals surface area contributed by atoms with Gasteiger partial charge in [0.05, 0.1) is 0 Å². The minimum Gasteiger partial charge on any atom is -0.299 e. The third kappa shape index (κ3) is 3.47.